The lowest BCUT2D eigenvalue weighted by Gasteiger charge is -2.14. The van der Waals surface area contributed by atoms with E-state index in [2.05, 4.69) is 29.8 Å². The van der Waals surface area contributed by atoms with Crippen LogP contribution in [-0.2, 0) is 43.7 Å². The van der Waals surface area contributed by atoms with Crippen LogP contribution in [0.15, 0.2) is 65.6 Å². The molecule has 0 unspecified atom stereocenters. The summed E-state index contributed by atoms with van der Waals surface area (Å²) in [4.78, 5) is 13.8. The lowest BCUT2D eigenvalue weighted by atomic mass is 9.97. The van der Waals surface area contributed by atoms with E-state index >= 15 is 0 Å². The van der Waals surface area contributed by atoms with Crippen molar-refractivity contribution in [2.75, 3.05) is 6.61 Å². The van der Waals surface area contributed by atoms with Gasteiger partial charge in [0.25, 0.3) is 0 Å². The van der Waals surface area contributed by atoms with Crippen LogP contribution in [0.2, 0.25) is 5.02 Å². The number of fused-ring (bicyclic) bond motifs is 10. The maximum Gasteiger partial charge on any atom is 0.352 e. The van der Waals surface area contributed by atoms with E-state index < -0.39 is 5.97 Å². The summed E-state index contributed by atoms with van der Waals surface area (Å²) >= 11 is 10.6. The topological polar surface area (TPSA) is 69.3 Å². The molecule has 49 heavy (non-hydrogen) atoms. The molecule has 0 atom stereocenters. The lowest BCUT2D eigenvalue weighted by Crippen LogP contribution is -2.09. The largest absolute Gasteiger partial charge is 0.493 e. The quantitative estimate of drug-likeness (QED) is 0.183. The SMILES string of the molecule is Cc1cc2ccc1CSCc1nn3c(c1-c1c(Cl)ccc4c(c(C(=O)O)n(C)c14)CCCOc1cc(cc4cc(F)ccc14)SC2)CCC3. The summed E-state index contributed by atoms with van der Waals surface area (Å²) in [6.45, 7) is 3.40. The van der Waals surface area contributed by atoms with Gasteiger partial charge in [0.05, 0.1) is 22.8 Å². The van der Waals surface area contributed by atoms with Crippen LogP contribution < -0.4 is 4.74 Å². The number of hydrogen-bond donors (Lipinski definition) is 1. The summed E-state index contributed by atoms with van der Waals surface area (Å²) in [5.74, 6) is 1.76. The molecule has 1 N–H and O–H groups in total. The van der Waals surface area contributed by atoms with Crippen molar-refractivity contribution >= 4 is 62.8 Å². The van der Waals surface area contributed by atoms with Crippen LogP contribution in [0.4, 0.5) is 4.39 Å². The van der Waals surface area contributed by atoms with Crippen molar-refractivity contribution in [2.45, 2.75) is 61.3 Å². The Morgan fingerprint density at radius 2 is 1.84 bits per heavy atom. The Morgan fingerprint density at radius 3 is 2.67 bits per heavy atom. The molecule has 2 aromatic heterocycles. The van der Waals surface area contributed by atoms with E-state index in [0.29, 0.717) is 36.0 Å². The van der Waals surface area contributed by atoms with Crippen LogP contribution in [0, 0.1) is 12.7 Å². The molecule has 0 radical (unpaired) electrons. The fourth-order valence-corrected chi connectivity index (χ4v) is 9.69. The van der Waals surface area contributed by atoms with Crippen molar-refractivity contribution in [3.8, 4) is 16.9 Å². The molecule has 8 bridgehead atoms. The van der Waals surface area contributed by atoms with Gasteiger partial charge in [-0.05, 0) is 96.6 Å². The third kappa shape index (κ3) is 5.89. The van der Waals surface area contributed by atoms with E-state index in [9.17, 15) is 14.3 Å². The van der Waals surface area contributed by atoms with Gasteiger partial charge in [0.2, 0.25) is 0 Å². The maximum absolute atomic E-state index is 14.3. The van der Waals surface area contributed by atoms with E-state index in [0.717, 1.165) is 79.8 Å². The first-order chi connectivity index (χ1) is 23.8. The van der Waals surface area contributed by atoms with Gasteiger partial charge in [0.1, 0.15) is 17.3 Å². The normalized spacial score (nSPS) is 15.2. The highest BCUT2D eigenvalue weighted by atomic mass is 35.5. The Balaban J connectivity index is 1.26. The van der Waals surface area contributed by atoms with E-state index in [1.54, 1.807) is 28.5 Å². The predicted octanol–water partition coefficient (Wildman–Crippen LogP) is 9.99. The van der Waals surface area contributed by atoms with Crippen molar-refractivity contribution in [2.24, 2.45) is 7.05 Å². The number of hydrogen-bond acceptors (Lipinski definition) is 5. The summed E-state index contributed by atoms with van der Waals surface area (Å²) < 4.78 is 24.6. The zero-order valence-corrected chi connectivity index (χ0v) is 29.7. The Bertz CT molecular complexity index is 2300. The van der Waals surface area contributed by atoms with E-state index in [-0.39, 0.29) is 11.5 Å². The van der Waals surface area contributed by atoms with Gasteiger partial charge in [-0.3, -0.25) is 4.68 Å². The number of benzene rings is 4. The number of aryl methyl sites for hydroxylation is 4. The van der Waals surface area contributed by atoms with Crippen molar-refractivity contribution in [3.63, 3.8) is 0 Å². The molecule has 0 amide bonds. The van der Waals surface area contributed by atoms with E-state index in [4.69, 9.17) is 21.4 Å². The average Bonchev–Trinajstić information content (AvgIpc) is 3.74. The molecule has 6 aromatic rings. The molecular weight excluding hydrogens is 677 g/mol. The van der Waals surface area contributed by atoms with E-state index in [1.807, 2.05) is 43.1 Å². The zero-order valence-electron chi connectivity index (χ0n) is 27.3. The third-order valence-electron chi connectivity index (χ3n) is 9.76. The molecule has 0 aliphatic carbocycles. The number of halogens is 2. The molecule has 0 saturated carbocycles. The monoisotopic (exact) mass is 711 g/mol. The number of carbonyl (C=O) groups is 1. The minimum absolute atomic E-state index is 0.259. The van der Waals surface area contributed by atoms with Crippen molar-refractivity contribution in [3.05, 3.63) is 111 Å². The number of carboxylic acid groups (broad SMARTS) is 1. The van der Waals surface area contributed by atoms with Crippen LogP contribution in [0.3, 0.4) is 0 Å². The van der Waals surface area contributed by atoms with Crippen LogP contribution in [0.5, 0.6) is 5.75 Å². The Labute approximate surface area is 297 Å². The van der Waals surface area contributed by atoms with Crippen LogP contribution in [0.1, 0.15) is 57.0 Å². The second kappa shape index (κ2) is 13.1. The molecule has 3 aliphatic heterocycles. The Kier molecular flexibility index (Phi) is 8.62. The average molecular weight is 712 g/mol. The standard InChI is InChI=1S/C39H35ClFN3O3S2/c1-22-15-23-7-8-24(22)20-48-21-32-36(33-6-3-13-44(33)42-32)35-31(40)12-11-30-29(38(39(45)46)43(2)37(30)35)5-4-14-47-34-18-27(49-19-23)17-25-16-26(41)9-10-28(25)34/h7-12,15-18H,3-6,13-14,19-21H2,1-2H3,(H,45,46). The summed E-state index contributed by atoms with van der Waals surface area (Å²) in [6, 6.07) is 19.4. The summed E-state index contributed by atoms with van der Waals surface area (Å²) in [5, 5.41) is 18.7. The van der Waals surface area contributed by atoms with Gasteiger partial charge >= 0.3 is 5.97 Å². The summed E-state index contributed by atoms with van der Waals surface area (Å²) in [7, 11) is 1.83. The van der Waals surface area contributed by atoms with Gasteiger partial charge in [-0.15, -0.1) is 11.8 Å². The zero-order chi connectivity index (χ0) is 33.8. The highest BCUT2D eigenvalue weighted by molar-refractivity contribution is 7.98. The molecule has 4 aromatic carbocycles. The molecule has 10 heteroatoms. The first-order valence-corrected chi connectivity index (χ1v) is 19.1. The number of carboxylic acids is 1. The summed E-state index contributed by atoms with van der Waals surface area (Å²) in [5.41, 5.74) is 9.66. The van der Waals surface area contributed by atoms with Crippen molar-refractivity contribution in [1.29, 1.82) is 0 Å². The minimum Gasteiger partial charge on any atom is -0.493 e. The molecule has 3 aliphatic rings. The molecule has 0 saturated heterocycles. The second-order valence-corrected chi connectivity index (χ2v) is 15.3. The number of aromatic carboxylic acids is 1. The lowest BCUT2D eigenvalue weighted by molar-refractivity contribution is 0.0685. The minimum atomic E-state index is -0.975. The van der Waals surface area contributed by atoms with Gasteiger partial charge < -0.3 is 14.4 Å². The maximum atomic E-state index is 14.3. The molecule has 0 spiro atoms. The van der Waals surface area contributed by atoms with Gasteiger partial charge in [-0.1, -0.05) is 35.9 Å². The number of nitrogens with zero attached hydrogens (tertiary/aromatic N) is 3. The highest BCUT2D eigenvalue weighted by Gasteiger charge is 2.29. The van der Waals surface area contributed by atoms with Gasteiger partial charge in [-0.25, -0.2) is 9.18 Å². The number of thioether (sulfide) groups is 2. The first-order valence-electron chi connectivity index (χ1n) is 16.5. The first kappa shape index (κ1) is 32.3. The number of rotatable bonds is 1. The Morgan fingerprint density at radius 1 is 0.980 bits per heavy atom. The molecule has 6 nitrogen and oxygen atoms in total. The third-order valence-corrected chi connectivity index (χ3v) is 12.1. The van der Waals surface area contributed by atoms with Gasteiger partial charge in [0.15, 0.2) is 0 Å². The van der Waals surface area contributed by atoms with Gasteiger partial charge in [0, 0.05) is 63.3 Å². The van der Waals surface area contributed by atoms with Crippen LogP contribution >= 0.6 is 35.1 Å². The molecule has 9 rings (SSSR count). The van der Waals surface area contributed by atoms with E-state index in [1.165, 1.54) is 28.5 Å². The Hall–Kier alpha value is -3.92. The smallest absolute Gasteiger partial charge is 0.352 e. The van der Waals surface area contributed by atoms with Gasteiger partial charge in [-0.2, -0.15) is 16.9 Å². The molecular formula is C39H35ClFN3O3S2. The van der Waals surface area contributed by atoms with Crippen molar-refractivity contribution < 1.29 is 19.0 Å². The van der Waals surface area contributed by atoms with Crippen molar-refractivity contribution in [1.82, 2.24) is 14.3 Å². The van der Waals surface area contributed by atoms with Crippen LogP contribution in [-0.4, -0.2) is 32.0 Å². The summed E-state index contributed by atoms with van der Waals surface area (Å²) in [6.07, 6.45) is 3.02. The number of aromatic nitrogens is 3. The second-order valence-electron chi connectivity index (χ2n) is 12.9. The fourth-order valence-electron chi connectivity index (χ4n) is 7.49. The van der Waals surface area contributed by atoms with Crippen LogP contribution in [0.25, 0.3) is 32.8 Å². The predicted molar refractivity (Wildman–Crippen MR) is 198 cm³/mol. The molecule has 250 valence electrons. The highest BCUT2D eigenvalue weighted by Crippen LogP contribution is 2.44. The number of ether oxygens (including phenoxy) is 1. The molecule has 5 heterocycles. The molecule has 0 fully saturated rings. The fraction of sp³-hybridized carbons (Fsp3) is 0.282.